The molecule has 1 aliphatic carbocycles. The summed E-state index contributed by atoms with van der Waals surface area (Å²) in [6.07, 6.45) is 4.18. The minimum absolute atomic E-state index is 0.102. The zero-order valence-electron chi connectivity index (χ0n) is 16.8. The maximum atomic E-state index is 14.7. The number of methoxy groups -OCH3 is 1. The molecule has 1 unspecified atom stereocenters. The van der Waals surface area contributed by atoms with Gasteiger partial charge in [0.1, 0.15) is 5.83 Å². The molecule has 1 atom stereocenters. The zero-order valence-corrected chi connectivity index (χ0v) is 17.6. The van der Waals surface area contributed by atoms with E-state index >= 15 is 0 Å². The number of carbonyl (C=O) groups is 1. The average molecular weight is 423 g/mol. The second-order valence-electron chi connectivity index (χ2n) is 7.50. The number of anilines is 1. The summed E-state index contributed by atoms with van der Waals surface area (Å²) >= 11 is 0. The number of carbonyl (C=O) groups excluding carboxylic acids is 1. The Labute approximate surface area is 171 Å². The standard InChI is InChI=1S/C21H27FN2O4S/c1-23-12-10-19(11-13-23)29(26,27)24(18-6-4-3-5-7-18)15-17-9-8-16(14-20(17)22)21(25)28-2/h3-7,9,14,16,19H,8,10-13,15H2,1-2H3. The van der Waals surface area contributed by atoms with Crippen molar-refractivity contribution < 1.29 is 22.3 Å². The third kappa shape index (κ3) is 4.87. The molecule has 1 heterocycles. The molecule has 0 radical (unpaired) electrons. The Morgan fingerprint density at radius 1 is 1.24 bits per heavy atom. The van der Waals surface area contributed by atoms with E-state index in [4.69, 9.17) is 0 Å². The first-order valence-corrected chi connectivity index (χ1v) is 11.2. The van der Waals surface area contributed by atoms with Gasteiger partial charge >= 0.3 is 5.97 Å². The van der Waals surface area contributed by atoms with Crippen LogP contribution in [0.15, 0.2) is 53.9 Å². The Kier molecular flexibility index (Phi) is 6.74. The van der Waals surface area contributed by atoms with Gasteiger partial charge in [0.2, 0.25) is 10.0 Å². The van der Waals surface area contributed by atoms with Gasteiger partial charge in [0.15, 0.2) is 0 Å². The van der Waals surface area contributed by atoms with Crippen molar-refractivity contribution in [3.8, 4) is 0 Å². The number of benzene rings is 1. The van der Waals surface area contributed by atoms with Gasteiger partial charge in [0.25, 0.3) is 0 Å². The van der Waals surface area contributed by atoms with Crippen LogP contribution in [0, 0.1) is 5.92 Å². The second kappa shape index (κ2) is 9.09. The minimum Gasteiger partial charge on any atom is -0.469 e. The number of para-hydroxylation sites is 1. The van der Waals surface area contributed by atoms with E-state index < -0.39 is 33.0 Å². The summed E-state index contributed by atoms with van der Waals surface area (Å²) < 4.78 is 47.6. The fraction of sp³-hybridized carbons (Fsp3) is 0.476. The molecule has 6 nitrogen and oxygen atoms in total. The predicted molar refractivity (Wildman–Crippen MR) is 111 cm³/mol. The summed E-state index contributed by atoms with van der Waals surface area (Å²) in [7, 11) is -0.440. The van der Waals surface area contributed by atoms with Crippen molar-refractivity contribution in [2.24, 2.45) is 5.92 Å². The number of esters is 1. The maximum absolute atomic E-state index is 14.7. The van der Waals surface area contributed by atoms with Crippen molar-refractivity contribution in [1.82, 2.24) is 4.90 Å². The monoisotopic (exact) mass is 422 g/mol. The molecule has 3 rings (SSSR count). The number of allylic oxidation sites excluding steroid dienone is 1. The van der Waals surface area contributed by atoms with E-state index in [0.717, 1.165) is 0 Å². The van der Waals surface area contributed by atoms with Crippen LogP contribution < -0.4 is 4.31 Å². The number of hydrogen-bond donors (Lipinski definition) is 0. The lowest BCUT2D eigenvalue weighted by molar-refractivity contribution is -0.143. The predicted octanol–water partition coefficient (Wildman–Crippen LogP) is 2.89. The van der Waals surface area contributed by atoms with Gasteiger partial charge in [-0.25, -0.2) is 12.8 Å². The third-order valence-electron chi connectivity index (χ3n) is 5.53. The molecule has 0 amide bonds. The summed E-state index contributed by atoms with van der Waals surface area (Å²) in [6, 6.07) is 8.77. The number of rotatable bonds is 6. The zero-order chi connectivity index (χ0) is 21.0. The second-order valence-corrected chi connectivity index (χ2v) is 9.64. The quantitative estimate of drug-likeness (QED) is 0.660. The highest BCUT2D eigenvalue weighted by Crippen LogP contribution is 2.31. The van der Waals surface area contributed by atoms with Crippen molar-refractivity contribution in [1.29, 1.82) is 0 Å². The maximum Gasteiger partial charge on any atom is 0.312 e. The molecule has 0 saturated carbocycles. The van der Waals surface area contributed by atoms with E-state index in [1.54, 1.807) is 30.3 Å². The van der Waals surface area contributed by atoms with E-state index in [9.17, 15) is 17.6 Å². The van der Waals surface area contributed by atoms with E-state index in [0.29, 0.717) is 31.6 Å². The Bertz CT molecular complexity index is 891. The van der Waals surface area contributed by atoms with E-state index in [1.165, 1.54) is 17.5 Å². The smallest absolute Gasteiger partial charge is 0.312 e. The Hall–Kier alpha value is -2.19. The van der Waals surface area contributed by atoms with Crippen LogP contribution in [0.5, 0.6) is 0 Å². The topological polar surface area (TPSA) is 66.9 Å². The lowest BCUT2D eigenvalue weighted by Crippen LogP contribution is -2.45. The molecule has 158 valence electrons. The Morgan fingerprint density at radius 2 is 1.90 bits per heavy atom. The van der Waals surface area contributed by atoms with Crippen LogP contribution in [0.25, 0.3) is 0 Å². The van der Waals surface area contributed by atoms with Gasteiger partial charge in [-0.15, -0.1) is 0 Å². The highest BCUT2D eigenvalue weighted by Gasteiger charge is 2.35. The van der Waals surface area contributed by atoms with Crippen molar-refractivity contribution in [2.45, 2.75) is 24.5 Å². The first-order chi connectivity index (χ1) is 13.8. The lowest BCUT2D eigenvalue weighted by atomic mass is 9.96. The molecule has 0 N–H and O–H groups in total. The van der Waals surface area contributed by atoms with E-state index in [2.05, 4.69) is 9.64 Å². The van der Waals surface area contributed by atoms with Crippen LogP contribution in [0.3, 0.4) is 0 Å². The molecule has 1 aliphatic heterocycles. The number of nitrogens with zero attached hydrogens (tertiary/aromatic N) is 2. The number of ether oxygens (including phenoxy) is 1. The van der Waals surface area contributed by atoms with Gasteiger partial charge in [-0.05, 0) is 57.6 Å². The average Bonchev–Trinajstić information content (AvgIpc) is 2.73. The molecule has 0 bridgehead atoms. The van der Waals surface area contributed by atoms with Gasteiger partial charge < -0.3 is 9.64 Å². The summed E-state index contributed by atoms with van der Waals surface area (Å²) in [5.74, 6) is -1.76. The number of sulfonamides is 1. The van der Waals surface area contributed by atoms with Gasteiger partial charge in [0.05, 0.1) is 30.5 Å². The van der Waals surface area contributed by atoms with Crippen molar-refractivity contribution >= 4 is 21.7 Å². The van der Waals surface area contributed by atoms with Crippen molar-refractivity contribution in [3.63, 3.8) is 0 Å². The first-order valence-electron chi connectivity index (χ1n) is 9.72. The summed E-state index contributed by atoms with van der Waals surface area (Å²) in [5, 5.41) is -0.502. The van der Waals surface area contributed by atoms with Gasteiger partial charge in [0, 0.05) is 5.57 Å². The summed E-state index contributed by atoms with van der Waals surface area (Å²) in [6.45, 7) is 1.32. The molecule has 8 heteroatoms. The van der Waals surface area contributed by atoms with E-state index in [-0.39, 0.29) is 18.5 Å². The van der Waals surface area contributed by atoms with Gasteiger partial charge in [-0.1, -0.05) is 24.3 Å². The van der Waals surface area contributed by atoms with Gasteiger partial charge in [-0.3, -0.25) is 9.10 Å². The van der Waals surface area contributed by atoms with Crippen LogP contribution in [-0.2, 0) is 19.6 Å². The van der Waals surface area contributed by atoms with Crippen molar-refractivity contribution in [3.05, 3.63) is 53.9 Å². The van der Waals surface area contributed by atoms with Crippen LogP contribution >= 0.6 is 0 Å². The molecular formula is C21H27FN2O4S. The number of piperidine rings is 1. The number of hydrogen-bond acceptors (Lipinski definition) is 5. The minimum atomic E-state index is -3.68. The molecule has 2 aliphatic rings. The van der Waals surface area contributed by atoms with Crippen molar-refractivity contribution in [2.75, 3.05) is 38.1 Å². The molecule has 1 fully saturated rings. The number of halogens is 1. The highest BCUT2D eigenvalue weighted by molar-refractivity contribution is 7.93. The first kappa shape index (κ1) is 21.5. The molecule has 0 aromatic heterocycles. The highest BCUT2D eigenvalue weighted by atomic mass is 32.2. The van der Waals surface area contributed by atoms with E-state index in [1.807, 2.05) is 13.1 Å². The molecule has 1 aromatic rings. The molecule has 29 heavy (non-hydrogen) atoms. The number of likely N-dealkylation sites (tertiary alicyclic amines) is 1. The van der Waals surface area contributed by atoms with Crippen LogP contribution in [0.1, 0.15) is 19.3 Å². The van der Waals surface area contributed by atoms with Crippen LogP contribution in [0.4, 0.5) is 10.1 Å². The third-order valence-corrected chi connectivity index (χ3v) is 7.80. The molecule has 1 aromatic carbocycles. The summed E-state index contributed by atoms with van der Waals surface area (Å²) in [5.41, 5.74) is 0.778. The van der Waals surface area contributed by atoms with Crippen LogP contribution in [0.2, 0.25) is 0 Å². The molecular weight excluding hydrogens is 395 g/mol. The normalized spacial score (nSPS) is 21.3. The summed E-state index contributed by atoms with van der Waals surface area (Å²) in [4.78, 5) is 13.8. The fourth-order valence-electron chi connectivity index (χ4n) is 3.71. The fourth-order valence-corrected chi connectivity index (χ4v) is 5.62. The van der Waals surface area contributed by atoms with Crippen LogP contribution in [-0.4, -0.2) is 58.3 Å². The molecule has 0 spiro atoms. The lowest BCUT2D eigenvalue weighted by Gasteiger charge is -2.34. The Balaban J connectivity index is 1.87. The Morgan fingerprint density at radius 3 is 2.48 bits per heavy atom. The van der Waals surface area contributed by atoms with Gasteiger partial charge in [-0.2, -0.15) is 0 Å². The SMILES string of the molecule is COC(=O)C1C=C(F)C(CN(c2ccccc2)S(=O)(=O)C2CCN(C)CC2)=CC1. The molecule has 1 saturated heterocycles. The largest absolute Gasteiger partial charge is 0.469 e.